The Hall–Kier alpha value is -2.12. The van der Waals surface area contributed by atoms with Crippen molar-refractivity contribution in [3.05, 3.63) is 0 Å². The fourth-order valence-corrected chi connectivity index (χ4v) is 3.70. The lowest BCUT2D eigenvalue weighted by atomic mass is 9.94. The van der Waals surface area contributed by atoms with Crippen LogP contribution in [0.25, 0.3) is 0 Å². The number of hydrogen-bond acceptors (Lipinski definition) is 5. The van der Waals surface area contributed by atoms with Crippen LogP contribution in [0.15, 0.2) is 0 Å². The molecule has 2 unspecified atom stereocenters. The van der Waals surface area contributed by atoms with E-state index in [0.717, 1.165) is 6.42 Å². The number of aliphatic carboxylic acids is 1. The Balaban J connectivity index is 2.09. The van der Waals surface area contributed by atoms with Gasteiger partial charge in [0, 0.05) is 23.8 Å². The van der Waals surface area contributed by atoms with Crippen LogP contribution < -0.4 is 0 Å². The Bertz CT molecular complexity index is 661. The van der Waals surface area contributed by atoms with Gasteiger partial charge >= 0.3 is 11.9 Å². The molecular formula is C20H32N2O6. The first kappa shape index (κ1) is 22.2. The molecule has 1 N–H and O–H groups in total. The molecule has 2 heterocycles. The molecule has 28 heavy (non-hydrogen) atoms. The molecule has 0 aromatic heterocycles. The van der Waals surface area contributed by atoms with Crippen molar-refractivity contribution in [2.75, 3.05) is 13.1 Å². The molecule has 2 aliphatic heterocycles. The van der Waals surface area contributed by atoms with Crippen molar-refractivity contribution in [2.45, 2.75) is 79.0 Å². The van der Waals surface area contributed by atoms with Crippen LogP contribution in [0.5, 0.6) is 0 Å². The molecule has 2 amide bonds. The second-order valence-corrected chi connectivity index (χ2v) is 9.76. The maximum atomic E-state index is 12.7. The summed E-state index contributed by atoms with van der Waals surface area (Å²) in [4.78, 5) is 52.4. The van der Waals surface area contributed by atoms with Crippen molar-refractivity contribution in [2.24, 2.45) is 10.8 Å². The number of carboxylic acids is 1. The lowest BCUT2D eigenvalue weighted by molar-refractivity contribution is -0.160. The van der Waals surface area contributed by atoms with E-state index in [1.165, 1.54) is 4.90 Å². The van der Waals surface area contributed by atoms with E-state index in [-0.39, 0.29) is 24.8 Å². The molecule has 8 nitrogen and oxygen atoms in total. The van der Waals surface area contributed by atoms with Crippen LogP contribution in [-0.4, -0.2) is 69.9 Å². The Morgan fingerprint density at radius 3 is 1.93 bits per heavy atom. The van der Waals surface area contributed by atoms with E-state index in [2.05, 4.69) is 0 Å². The van der Waals surface area contributed by atoms with Crippen LogP contribution in [0, 0.1) is 10.8 Å². The number of hydrogen-bond donors (Lipinski definition) is 1. The predicted octanol–water partition coefficient (Wildman–Crippen LogP) is 1.67. The van der Waals surface area contributed by atoms with E-state index >= 15 is 0 Å². The standard InChI is InChI=1S/C20H32N2O6/c1-19(2,3)17(26)21-9-7-8-13(21)16(25)28-12-10-14(15(23)24)22(11-12)18(27)20(4,5)6/h12-14H,7-11H2,1-6H3,(H,23,24)/t12?,13?,14-/m0/s1. The van der Waals surface area contributed by atoms with Crippen molar-refractivity contribution >= 4 is 23.8 Å². The maximum Gasteiger partial charge on any atom is 0.329 e. The second-order valence-electron chi connectivity index (χ2n) is 9.76. The highest BCUT2D eigenvalue weighted by molar-refractivity contribution is 5.89. The molecule has 0 aromatic rings. The highest BCUT2D eigenvalue weighted by Gasteiger charge is 2.46. The average Bonchev–Trinajstić information content (AvgIpc) is 3.18. The SMILES string of the molecule is CC(C)(C)C(=O)N1CCCC1C(=O)OC1C[C@@H](C(=O)O)N(C(=O)C(C)(C)C)C1. The molecule has 0 spiro atoms. The molecule has 0 bridgehead atoms. The van der Waals surface area contributed by atoms with Gasteiger partial charge in [-0.25, -0.2) is 9.59 Å². The van der Waals surface area contributed by atoms with E-state index in [0.29, 0.717) is 13.0 Å². The lowest BCUT2D eigenvalue weighted by Crippen LogP contribution is -2.47. The smallest absolute Gasteiger partial charge is 0.329 e. The Labute approximate surface area is 166 Å². The molecule has 2 fully saturated rings. The first-order valence-electron chi connectivity index (χ1n) is 9.79. The van der Waals surface area contributed by atoms with Crippen LogP contribution in [0.4, 0.5) is 0 Å². The maximum absolute atomic E-state index is 12.7. The molecule has 0 aliphatic carbocycles. The second kappa shape index (κ2) is 7.72. The van der Waals surface area contributed by atoms with E-state index in [9.17, 15) is 24.3 Å². The first-order chi connectivity index (χ1) is 12.7. The summed E-state index contributed by atoms with van der Waals surface area (Å²) in [5, 5.41) is 9.48. The number of carboxylic acid groups (broad SMARTS) is 1. The average molecular weight is 396 g/mol. The number of carbonyl (C=O) groups is 4. The summed E-state index contributed by atoms with van der Waals surface area (Å²) in [6.07, 6.45) is 0.619. The normalized spacial score (nSPS) is 25.7. The zero-order valence-electron chi connectivity index (χ0n) is 17.7. The third-order valence-electron chi connectivity index (χ3n) is 5.16. The Morgan fingerprint density at radius 2 is 1.43 bits per heavy atom. The highest BCUT2D eigenvalue weighted by atomic mass is 16.5. The van der Waals surface area contributed by atoms with E-state index in [1.54, 1.807) is 46.4 Å². The molecule has 0 aromatic carbocycles. The number of carbonyl (C=O) groups excluding carboxylic acids is 3. The zero-order valence-corrected chi connectivity index (χ0v) is 17.7. The number of esters is 1. The van der Waals surface area contributed by atoms with Crippen LogP contribution >= 0.6 is 0 Å². The fourth-order valence-electron chi connectivity index (χ4n) is 3.70. The highest BCUT2D eigenvalue weighted by Crippen LogP contribution is 2.30. The minimum absolute atomic E-state index is 0.0543. The van der Waals surface area contributed by atoms with Crippen molar-refractivity contribution in [3.63, 3.8) is 0 Å². The molecule has 2 rings (SSSR count). The molecule has 0 saturated carbocycles. The van der Waals surface area contributed by atoms with Gasteiger partial charge in [-0.05, 0) is 12.8 Å². The third-order valence-corrected chi connectivity index (χ3v) is 5.16. The third kappa shape index (κ3) is 4.64. The van der Waals surface area contributed by atoms with Gasteiger partial charge in [0.15, 0.2) is 0 Å². The molecular weight excluding hydrogens is 364 g/mol. The molecule has 158 valence electrons. The number of nitrogens with zero attached hydrogens (tertiary/aromatic N) is 2. The van der Waals surface area contributed by atoms with Crippen LogP contribution in [0.1, 0.15) is 60.8 Å². The van der Waals surface area contributed by atoms with Crippen molar-refractivity contribution in [1.82, 2.24) is 9.80 Å². The van der Waals surface area contributed by atoms with Gasteiger partial charge in [-0.3, -0.25) is 9.59 Å². The van der Waals surface area contributed by atoms with Gasteiger partial charge < -0.3 is 19.6 Å². The summed E-state index contributed by atoms with van der Waals surface area (Å²) < 4.78 is 5.57. The van der Waals surface area contributed by atoms with E-state index < -0.39 is 41.0 Å². The minimum Gasteiger partial charge on any atom is -0.480 e. The van der Waals surface area contributed by atoms with Gasteiger partial charge in [0.25, 0.3) is 0 Å². The van der Waals surface area contributed by atoms with Crippen LogP contribution in [0.3, 0.4) is 0 Å². The van der Waals surface area contributed by atoms with Crippen LogP contribution in [-0.2, 0) is 23.9 Å². The van der Waals surface area contributed by atoms with Gasteiger partial charge in [-0.1, -0.05) is 41.5 Å². The minimum atomic E-state index is -1.11. The lowest BCUT2D eigenvalue weighted by Gasteiger charge is -2.30. The molecule has 2 saturated heterocycles. The summed E-state index contributed by atoms with van der Waals surface area (Å²) in [6, 6.07) is -1.66. The van der Waals surface area contributed by atoms with E-state index in [4.69, 9.17) is 4.74 Å². The van der Waals surface area contributed by atoms with Crippen LogP contribution in [0.2, 0.25) is 0 Å². The number of ether oxygens (including phenoxy) is 1. The monoisotopic (exact) mass is 396 g/mol. The predicted molar refractivity (Wildman–Crippen MR) is 101 cm³/mol. The molecule has 2 aliphatic rings. The topological polar surface area (TPSA) is 104 Å². The molecule has 0 radical (unpaired) electrons. The largest absolute Gasteiger partial charge is 0.480 e. The zero-order chi connectivity index (χ0) is 21.4. The first-order valence-corrected chi connectivity index (χ1v) is 9.79. The summed E-state index contributed by atoms with van der Waals surface area (Å²) >= 11 is 0. The molecule has 3 atom stereocenters. The van der Waals surface area contributed by atoms with Crippen molar-refractivity contribution in [1.29, 1.82) is 0 Å². The quantitative estimate of drug-likeness (QED) is 0.728. The van der Waals surface area contributed by atoms with Gasteiger partial charge in [-0.15, -0.1) is 0 Å². The van der Waals surface area contributed by atoms with Gasteiger partial charge in [-0.2, -0.15) is 0 Å². The van der Waals surface area contributed by atoms with Gasteiger partial charge in [0.05, 0.1) is 6.54 Å². The summed E-state index contributed by atoms with van der Waals surface area (Å²) in [6.45, 7) is 11.2. The van der Waals surface area contributed by atoms with Gasteiger partial charge in [0.1, 0.15) is 18.2 Å². The van der Waals surface area contributed by atoms with E-state index in [1.807, 2.05) is 0 Å². The Morgan fingerprint density at radius 1 is 0.893 bits per heavy atom. The number of rotatable bonds is 3. The summed E-state index contributed by atoms with van der Waals surface area (Å²) in [7, 11) is 0. The van der Waals surface area contributed by atoms with Crippen molar-refractivity contribution in [3.8, 4) is 0 Å². The van der Waals surface area contributed by atoms with Crippen molar-refractivity contribution < 1.29 is 29.0 Å². The summed E-state index contributed by atoms with van der Waals surface area (Å²) in [5.74, 6) is -2.02. The fraction of sp³-hybridized carbons (Fsp3) is 0.800. The Kier molecular flexibility index (Phi) is 6.11. The summed E-state index contributed by atoms with van der Waals surface area (Å²) in [5.41, 5.74) is -1.32. The molecule has 8 heteroatoms. The number of amides is 2. The number of likely N-dealkylation sites (tertiary alicyclic amines) is 2. The van der Waals surface area contributed by atoms with Gasteiger partial charge in [0.2, 0.25) is 11.8 Å².